The lowest BCUT2D eigenvalue weighted by molar-refractivity contribution is 0.252. The summed E-state index contributed by atoms with van der Waals surface area (Å²) in [5.74, 6) is -0.554. The summed E-state index contributed by atoms with van der Waals surface area (Å²) < 4.78 is 13.5. The summed E-state index contributed by atoms with van der Waals surface area (Å²) in [5, 5.41) is 5.44. The van der Waals surface area contributed by atoms with Crippen molar-refractivity contribution in [3.8, 4) is 0 Å². The lowest BCUT2D eigenvalue weighted by atomic mass is 10.1. The maximum atomic E-state index is 13.5. The van der Waals surface area contributed by atoms with Gasteiger partial charge in [0.2, 0.25) is 0 Å². The molecule has 0 spiro atoms. The highest BCUT2D eigenvalue weighted by atomic mass is 35.5. The molecule has 0 aromatic heterocycles. The lowest BCUT2D eigenvalue weighted by Gasteiger charge is -2.08. The van der Waals surface area contributed by atoms with Gasteiger partial charge in [-0.3, -0.25) is 0 Å². The number of nitrogens with one attached hydrogen (secondary N) is 2. The highest BCUT2D eigenvalue weighted by Gasteiger charge is 2.06. The van der Waals surface area contributed by atoms with Gasteiger partial charge >= 0.3 is 6.03 Å². The van der Waals surface area contributed by atoms with E-state index in [0.717, 1.165) is 18.9 Å². The van der Waals surface area contributed by atoms with Crippen molar-refractivity contribution in [3.63, 3.8) is 0 Å². The van der Waals surface area contributed by atoms with Crippen LogP contribution in [-0.4, -0.2) is 12.6 Å². The smallest absolute Gasteiger partial charge is 0.319 e. The number of rotatable bonds is 5. The van der Waals surface area contributed by atoms with Gasteiger partial charge in [0, 0.05) is 11.6 Å². The molecular weight excluding hydrogens is 291 g/mol. The van der Waals surface area contributed by atoms with Gasteiger partial charge in [0.1, 0.15) is 5.82 Å². The number of hydrogen-bond donors (Lipinski definition) is 2. The third-order valence-electron chi connectivity index (χ3n) is 2.95. The number of urea groups is 1. The van der Waals surface area contributed by atoms with Gasteiger partial charge in [0.15, 0.2) is 0 Å². The Morgan fingerprint density at radius 1 is 1.14 bits per heavy atom. The molecule has 2 rings (SSSR count). The van der Waals surface area contributed by atoms with Gasteiger partial charge < -0.3 is 10.6 Å². The van der Waals surface area contributed by atoms with E-state index in [1.165, 1.54) is 17.7 Å². The molecule has 0 saturated carbocycles. The molecule has 0 bridgehead atoms. The molecule has 0 heterocycles. The molecule has 0 aliphatic rings. The second-order valence-electron chi connectivity index (χ2n) is 4.59. The van der Waals surface area contributed by atoms with Gasteiger partial charge in [-0.1, -0.05) is 41.9 Å². The zero-order chi connectivity index (χ0) is 15.1. The Balaban J connectivity index is 1.72. The first-order valence-corrected chi connectivity index (χ1v) is 7.07. The van der Waals surface area contributed by atoms with E-state index in [-0.39, 0.29) is 5.69 Å². The largest absolute Gasteiger partial charge is 0.338 e. The third-order valence-corrected chi connectivity index (χ3v) is 3.19. The van der Waals surface area contributed by atoms with Gasteiger partial charge in [-0.15, -0.1) is 0 Å². The number of halogens is 2. The molecule has 2 aromatic rings. The summed E-state index contributed by atoms with van der Waals surface area (Å²) in [6.07, 6.45) is 1.71. The molecule has 5 heteroatoms. The average molecular weight is 307 g/mol. The van der Waals surface area contributed by atoms with Crippen molar-refractivity contribution in [2.45, 2.75) is 12.8 Å². The Morgan fingerprint density at radius 2 is 1.90 bits per heavy atom. The van der Waals surface area contributed by atoms with E-state index in [1.807, 2.05) is 30.3 Å². The van der Waals surface area contributed by atoms with Crippen LogP contribution in [0.2, 0.25) is 5.02 Å². The molecule has 110 valence electrons. The molecule has 3 nitrogen and oxygen atoms in total. The minimum atomic E-state index is -0.554. The summed E-state index contributed by atoms with van der Waals surface area (Å²) in [6.45, 7) is 0.524. The van der Waals surface area contributed by atoms with Crippen LogP contribution in [0.3, 0.4) is 0 Å². The molecule has 2 aromatic carbocycles. The minimum absolute atomic E-state index is 0.111. The topological polar surface area (TPSA) is 41.1 Å². The number of aryl methyl sites for hydroxylation is 1. The molecule has 2 N–H and O–H groups in total. The fourth-order valence-electron chi connectivity index (χ4n) is 1.90. The van der Waals surface area contributed by atoms with Crippen LogP contribution < -0.4 is 10.6 Å². The first-order chi connectivity index (χ1) is 10.1. The summed E-state index contributed by atoms with van der Waals surface area (Å²) in [5.41, 5.74) is 1.34. The second-order valence-corrected chi connectivity index (χ2v) is 5.03. The molecule has 0 aliphatic carbocycles. The standard InChI is InChI=1S/C16H16ClFN2O/c17-13-8-9-15(14(18)11-13)20-16(21)19-10-4-7-12-5-2-1-3-6-12/h1-3,5-6,8-9,11H,4,7,10H2,(H2,19,20,21). The number of hydrogen-bond acceptors (Lipinski definition) is 1. The Labute approximate surface area is 128 Å². The predicted molar refractivity (Wildman–Crippen MR) is 83.2 cm³/mol. The molecule has 0 aliphatic heterocycles. The predicted octanol–water partition coefficient (Wildman–Crippen LogP) is 4.23. The average Bonchev–Trinajstić information content (AvgIpc) is 2.48. The Bertz CT molecular complexity index is 604. The maximum absolute atomic E-state index is 13.5. The summed E-state index contributed by atoms with van der Waals surface area (Å²) >= 11 is 5.65. The van der Waals surface area contributed by atoms with E-state index < -0.39 is 11.8 Å². The molecule has 0 saturated heterocycles. The molecule has 2 amide bonds. The van der Waals surface area contributed by atoms with Crippen molar-refractivity contribution >= 4 is 23.3 Å². The van der Waals surface area contributed by atoms with Gasteiger partial charge in [-0.05, 0) is 36.6 Å². The third kappa shape index (κ3) is 5.08. The van der Waals surface area contributed by atoms with E-state index >= 15 is 0 Å². The molecule has 0 radical (unpaired) electrons. The van der Waals surface area contributed by atoms with Crippen LogP contribution in [0, 0.1) is 5.82 Å². The molecular formula is C16H16ClFN2O. The number of carbonyl (C=O) groups is 1. The summed E-state index contributed by atoms with van der Waals surface area (Å²) in [7, 11) is 0. The van der Waals surface area contributed by atoms with Crippen LogP contribution in [0.15, 0.2) is 48.5 Å². The van der Waals surface area contributed by atoms with Crippen LogP contribution in [-0.2, 0) is 6.42 Å². The van der Waals surface area contributed by atoms with Gasteiger partial charge in [0.25, 0.3) is 0 Å². The van der Waals surface area contributed by atoms with E-state index in [1.54, 1.807) is 0 Å². The van der Waals surface area contributed by atoms with Crippen LogP contribution in [0.1, 0.15) is 12.0 Å². The van der Waals surface area contributed by atoms with E-state index in [2.05, 4.69) is 10.6 Å². The molecule has 0 unspecified atom stereocenters. The van der Waals surface area contributed by atoms with Crippen molar-refractivity contribution in [1.82, 2.24) is 5.32 Å². The number of amides is 2. The zero-order valence-electron chi connectivity index (χ0n) is 11.4. The van der Waals surface area contributed by atoms with Crippen molar-refractivity contribution < 1.29 is 9.18 Å². The molecule has 0 fully saturated rings. The van der Waals surface area contributed by atoms with Crippen molar-refractivity contribution in [3.05, 3.63) is 64.9 Å². The fraction of sp³-hybridized carbons (Fsp3) is 0.188. The van der Waals surface area contributed by atoms with E-state index in [4.69, 9.17) is 11.6 Å². The van der Waals surface area contributed by atoms with Gasteiger partial charge in [-0.25, -0.2) is 9.18 Å². The first-order valence-electron chi connectivity index (χ1n) is 6.69. The monoisotopic (exact) mass is 306 g/mol. The van der Waals surface area contributed by atoms with Crippen LogP contribution >= 0.6 is 11.6 Å². The lowest BCUT2D eigenvalue weighted by Crippen LogP contribution is -2.30. The number of anilines is 1. The van der Waals surface area contributed by atoms with E-state index in [9.17, 15) is 9.18 Å². The minimum Gasteiger partial charge on any atom is -0.338 e. The van der Waals surface area contributed by atoms with Crippen molar-refractivity contribution in [2.75, 3.05) is 11.9 Å². The molecule has 21 heavy (non-hydrogen) atoms. The highest BCUT2D eigenvalue weighted by Crippen LogP contribution is 2.18. The number of carbonyl (C=O) groups excluding carboxylic acids is 1. The number of benzene rings is 2. The fourth-order valence-corrected chi connectivity index (χ4v) is 2.06. The summed E-state index contributed by atoms with van der Waals surface area (Å²) in [4.78, 5) is 11.6. The Morgan fingerprint density at radius 3 is 2.62 bits per heavy atom. The van der Waals surface area contributed by atoms with Crippen LogP contribution in [0.25, 0.3) is 0 Å². The van der Waals surface area contributed by atoms with Crippen LogP contribution in [0.5, 0.6) is 0 Å². The second kappa shape index (κ2) is 7.64. The highest BCUT2D eigenvalue weighted by molar-refractivity contribution is 6.30. The van der Waals surface area contributed by atoms with E-state index in [0.29, 0.717) is 11.6 Å². The Hall–Kier alpha value is -2.07. The maximum Gasteiger partial charge on any atom is 0.319 e. The normalized spacial score (nSPS) is 10.2. The van der Waals surface area contributed by atoms with Gasteiger partial charge in [0.05, 0.1) is 5.69 Å². The Kier molecular flexibility index (Phi) is 5.58. The van der Waals surface area contributed by atoms with Crippen molar-refractivity contribution in [2.24, 2.45) is 0 Å². The van der Waals surface area contributed by atoms with Gasteiger partial charge in [-0.2, -0.15) is 0 Å². The van der Waals surface area contributed by atoms with Crippen molar-refractivity contribution in [1.29, 1.82) is 0 Å². The summed E-state index contributed by atoms with van der Waals surface area (Å²) in [6, 6.07) is 13.7. The first kappa shape index (κ1) is 15.3. The SMILES string of the molecule is O=C(NCCCc1ccccc1)Nc1ccc(Cl)cc1F. The molecule has 0 atom stereocenters. The quantitative estimate of drug-likeness (QED) is 0.797. The zero-order valence-corrected chi connectivity index (χ0v) is 12.2. The van der Waals surface area contributed by atoms with Crippen LogP contribution in [0.4, 0.5) is 14.9 Å².